The fourth-order valence-electron chi connectivity index (χ4n) is 2.35. The summed E-state index contributed by atoms with van der Waals surface area (Å²) >= 11 is 0. The van der Waals surface area contributed by atoms with Crippen molar-refractivity contribution in [3.8, 4) is 11.9 Å². The number of hydrogen-bond donors (Lipinski definition) is 0. The van der Waals surface area contributed by atoms with Gasteiger partial charge in [0.1, 0.15) is 5.75 Å². The number of benzene rings is 1. The zero-order valence-corrected chi connectivity index (χ0v) is 11.4. The lowest BCUT2D eigenvalue weighted by Crippen LogP contribution is -2.26. The van der Waals surface area contributed by atoms with E-state index in [4.69, 9.17) is 10.00 Å². The number of ether oxygens (including phenoxy) is 1. The van der Waals surface area contributed by atoms with Gasteiger partial charge in [-0.25, -0.2) is 9.69 Å². The van der Waals surface area contributed by atoms with Gasteiger partial charge in [-0.2, -0.15) is 5.26 Å². The van der Waals surface area contributed by atoms with Crippen LogP contribution in [0.3, 0.4) is 0 Å². The summed E-state index contributed by atoms with van der Waals surface area (Å²) in [7, 11) is 3.33. The maximum atomic E-state index is 11.9. The van der Waals surface area contributed by atoms with Crippen LogP contribution >= 0.6 is 0 Å². The zero-order chi connectivity index (χ0) is 14.0. The molecule has 0 N–H and O–H groups in total. The first-order chi connectivity index (χ1) is 9.12. The summed E-state index contributed by atoms with van der Waals surface area (Å²) in [6, 6.07) is 5.57. The molecule has 1 aromatic rings. The van der Waals surface area contributed by atoms with Gasteiger partial charge in [0.15, 0.2) is 6.19 Å². The first kappa shape index (κ1) is 13.2. The average Bonchev–Trinajstić information content (AvgIpc) is 2.74. The minimum absolute atomic E-state index is 0.145. The highest BCUT2D eigenvalue weighted by molar-refractivity contribution is 5.79. The molecular formula is C14H17N3O2. The van der Waals surface area contributed by atoms with Gasteiger partial charge in [-0.1, -0.05) is 13.0 Å². The van der Waals surface area contributed by atoms with Crippen LogP contribution in [0.2, 0.25) is 0 Å². The standard InChI is InChI=1S/C14H17N3O2/c1-4-10-5-6-13(19-3)11(7-10)12-8-17(9-15)14(18)16(12)2/h5-7,12H,4,8H2,1-3H3. The number of urea groups is 1. The van der Waals surface area contributed by atoms with E-state index in [2.05, 4.69) is 6.92 Å². The van der Waals surface area contributed by atoms with E-state index in [0.717, 1.165) is 17.7 Å². The number of nitriles is 1. The van der Waals surface area contributed by atoms with Crippen molar-refractivity contribution in [1.82, 2.24) is 9.80 Å². The van der Waals surface area contributed by atoms with Gasteiger partial charge in [0.25, 0.3) is 0 Å². The number of hydrogen-bond acceptors (Lipinski definition) is 3. The number of nitrogens with zero attached hydrogens (tertiary/aromatic N) is 3. The predicted octanol–water partition coefficient (Wildman–Crippen LogP) is 2.15. The largest absolute Gasteiger partial charge is 0.496 e. The van der Waals surface area contributed by atoms with Gasteiger partial charge >= 0.3 is 6.03 Å². The van der Waals surface area contributed by atoms with Crippen LogP contribution in [0.1, 0.15) is 24.1 Å². The van der Waals surface area contributed by atoms with Crippen molar-refractivity contribution >= 4 is 6.03 Å². The molecule has 1 fully saturated rings. The summed E-state index contributed by atoms with van der Waals surface area (Å²) in [6.45, 7) is 2.45. The van der Waals surface area contributed by atoms with Crippen LogP contribution in [0.5, 0.6) is 5.75 Å². The summed E-state index contributed by atoms with van der Waals surface area (Å²) in [6.07, 6.45) is 2.83. The molecule has 0 aromatic heterocycles. The van der Waals surface area contributed by atoms with Crippen molar-refractivity contribution in [1.29, 1.82) is 5.26 Å². The molecule has 1 unspecified atom stereocenters. The van der Waals surface area contributed by atoms with Crippen LogP contribution in [-0.4, -0.2) is 36.5 Å². The molecule has 0 radical (unpaired) electrons. The Bertz CT molecular complexity index is 536. The van der Waals surface area contributed by atoms with Crippen molar-refractivity contribution in [2.24, 2.45) is 0 Å². The number of carbonyl (C=O) groups excluding carboxylic acids is 1. The Labute approximate surface area is 113 Å². The van der Waals surface area contributed by atoms with E-state index < -0.39 is 0 Å². The normalized spacial score (nSPS) is 18.6. The fraction of sp³-hybridized carbons (Fsp3) is 0.429. The third kappa shape index (κ3) is 2.22. The van der Waals surface area contributed by atoms with Gasteiger partial charge < -0.3 is 9.64 Å². The third-order valence-corrected chi connectivity index (χ3v) is 3.54. The Kier molecular flexibility index (Phi) is 3.61. The summed E-state index contributed by atoms with van der Waals surface area (Å²) in [5, 5.41) is 8.94. The maximum Gasteiger partial charge on any atom is 0.333 e. The summed E-state index contributed by atoms with van der Waals surface area (Å²) in [5.41, 5.74) is 2.14. The van der Waals surface area contributed by atoms with Gasteiger partial charge in [0, 0.05) is 12.6 Å². The SMILES string of the molecule is CCc1ccc(OC)c(C2CN(C#N)C(=O)N2C)c1. The van der Waals surface area contributed by atoms with E-state index >= 15 is 0 Å². The van der Waals surface area contributed by atoms with Gasteiger partial charge in [-0.15, -0.1) is 0 Å². The van der Waals surface area contributed by atoms with E-state index in [1.165, 1.54) is 10.5 Å². The molecule has 1 aliphatic heterocycles. The zero-order valence-electron chi connectivity index (χ0n) is 11.4. The van der Waals surface area contributed by atoms with Crippen LogP contribution < -0.4 is 4.74 Å². The Hall–Kier alpha value is -2.22. The van der Waals surface area contributed by atoms with Crippen LogP contribution in [0.25, 0.3) is 0 Å². The van der Waals surface area contributed by atoms with Crippen molar-refractivity contribution in [2.75, 3.05) is 20.7 Å². The summed E-state index contributed by atoms with van der Waals surface area (Å²) < 4.78 is 5.37. The number of methoxy groups -OCH3 is 1. The lowest BCUT2D eigenvalue weighted by molar-refractivity contribution is 0.205. The topological polar surface area (TPSA) is 56.6 Å². The molecule has 0 saturated carbocycles. The summed E-state index contributed by atoms with van der Waals surface area (Å²) in [5.74, 6) is 0.752. The predicted molar refractivity (Wildman–Crippen MR) is 70.6 cm³/mol. The van der Waals surface area contributed by atoms with Crippen LogP contribution in [0, 0.1) is 11.5 Å². The molecule has 2 rings (SSSR count). The van der Waals surface area contributed by atoms with Gasteiger partial charge in [0.2, 0.25) is 0 Å². The lowest BCUT2D eigenvalue weighted by atomic mass is 10.0. The first-order valence-corrected chi connectivity index (χ1v) is 6.23. The lowest BCUT2D eigenvalue weighted by Gasteiger charge is -2.21. The van der Waals surface area contributed by atoms with Crippen LogP contribution in [0.15, 0.2) is 18.2 Å². The molecule has 19 heavy (non-hydrogen) atoms. The van der Waals surface area contributed by atoms with Crippen molar-refractivity contribution in [3.05, 3.63) is 29.3 Å². The molecule has 0 bridgehead atoms. The number of amides is 2. The highest BCUT2D eigenvalue weighted by Crippen LogP contribution is 2.34. The third-order valence-electron chi connectivity index (χ3n) is 3.54. The van der Waals surface area contributed by atoms with E-state index in [0.29, 0.717) is 6.54 Å². The molecule has 0 spiro atoms. The second-order valence-electron chi connectivity index (χ2n) is 4.55. The Morgan fingerprint density at radius 3 is 2.79 bits per heavy atom. The maximum absolute atomic E-state index is 11.9. The Morgan fingerprint density at radius 2 is 2.26 bits per heavy atom. The van der Waals surface area contributed by atoms with Gasteiger partial charge in [-0.3, -0.25) is 0 Å². The molecule has 5 nitrogen and oxygen atoms in total. The second-order valence-corrected chi connectivity index (χ2v) is 4.55. The number of likely N-dealkylation sites (N-methyl/N-ethyl adjacent to an activating group) is 1. The van der Waals surface area contributed by atoms with Gasteiger partial charge in [0.05, 0.1) is 19.7 Å². The molecule has 1 saturated heterocycles. The molecule has 1 heterocycles. The molecule has 0 aliphatic carbocycles. The van der Waals surface area contributed by atoms with E-state index in [1.54, 1.807) is 19.1 Å². The molecule has 2 amide bonds. The van der Waals surface area contributed by atoms with Crippen LogP contribution in [-0.2, 0) is 6.42 Å². The minimum Gasteiger partial charge on any atom is -0.496 e. The molecule has 1 aromatic carbocycles. The molecule has 1 aliphatic rings. The number of aryl methyl sites for hydroxylation is 1. The average molecular weight is 259 g/mol. The minimum atomic E-state index is -0.267. The summed E-state index contributed by atoms with van der Waals surface area (Å²) in [4.78, 5) is 14.6. The monoisotopic (exact) mass is 259 g/mol. The van der Waals surface area contributed by atoms with E-state index in [9.17, 15) is 4.79 Å². The van der Waals surface area contributed by atoms with Gasteiger partial charge in [-0.05, 0) is 24.1 Å². The molecule has 1 atom stereocenters. The Morgan fingerprint density at radius 1 is 1.53 bits per heavy atom. The Balaban J connectivity index is 2.41. The first-order valence-electron chi connectivity index (χ1n) is 6.23. The molecule has 100 valence electrons. The van der Waals surface area contributed by atoms with E-state index in [1.807, 2.05) is 24.4 Å². The number of carbonyl (C=O) groups is 1. The van der Waals surface area contributed by atoms with Crippen molar-refractivity contribution in [3.63, 3.8) is 0 Å². The fourth-order valence-corrected chi connectivity index (χ4v) is 2.35. The molecule has 5 heteroatoms. The second kappa shape index (κ2) is 5.19. The van der Waals surface area contributed by atoms with Crippen molar-refractivity contribution in [2.45, 2.75) is 19.4 Å². The van der Waals surface area contributed by atoms with Crippen LogP contribution in [0.4, 0.5) is 4.79 Å². The highest BCUT2D eigenvalue weighted by atomic mass is 16.5. The smallest absolute Gasteiger partial charge is 0.333 e. The van der Waals surface area contributed by atoms with E-state index in [-0.39, 0.29) is 12.1 Å². The quantitative estimate of drug-likeness (QED) is 0.781. The molecular weight excluding hydrogens is 242 g/mol. The number of rotatable bonds is 3. The van der Waals surface area contributed by atoms with Crippen molar-refractivity contribution < 1.29 is 9.53 Å². The highest BCUT2D eigenvalue weighted by Gasteiger charge is 2.37.